The van der Waals surface area contributed by atoms with Crippen LogP contribution in [-0.4, -0.2) is 31.0 Å². The van der Waals surface area contributed by atoms with Crippen molar-refractivity contribution in [2.24, 2.45) is 0 Å². The van der Waals surface area contributed by atoms with Crippen LogP contribution in [0.25, 0.3) is 0 Å². The molecule has 1 amide bonds. The van der Waals surface area contributed by atoms with Crippen molar-refractivity contribution in [2.45, 2.75) is 32.6 Å². The lowest BCUT2D eigenvalue weighted by atomic mass is 10.1. The molecule has 0 spiro atoms. The van der Waals surface area contributed by atoms with Crippen molar-refractivity contribution in [2.75, 3.05) is 25.0 Å². The van der Waals surface area contributed by atoms with Crippen LogP contribution in [0.1, 0.15) is 36.6 Å². The first-order chi connectivity index (χ1) is 9.69. The molecule has 20 heavy (non-hydrogen) atoms. The number of hydrogen-bond acceptors (Lipinski definition) is 4. The van der Waals surface area contributed by atoms with Gasteiger partial charge in [0.15, 0.2) is 0 Å². The second-order valence-corrected chi connectivity index (χ2v) is 5.03. The van der Waals surface area contributed by atoms with Crippen LogP contribution in [-0.2, 0) is 17.6 Å². The Balaban J connectivity index is 2.36. The van der Waals surface area contributed by atoms with Gasteiger partial charge in [0.1, 0.15) is 11.9 Å². The fourth-order valence-electron chi connectivity index (χ4n) is 2.57. The molecule has 0 saturated heterocycles. The molecule has 1 aliphatic carbocycles. The minimum atomic E-state index is -0.0651. The highest BCUT2D eigenvalue weighted by atomic mass is 16.1. The average Bonchev–Trinajstić information content (AvgIpc) is 2.92. The summed E-state index contributed by atoms with van der Waals surface area (Å²) in [7, 11) is 1.62. The molecule has 0 fully saturated rings. The third-order valence-electron chi connectivity index (χ3n) is 3.56. The molecule has 106 valence electrons. The number of fused-ring (bicyclic) bond motifs is 1. The Labute approximate surface area is 119 Å². The summed E-state index contributed by atoms with van der Waals surface area (Å²) in [5.41, 5.74) is 2.83. The summed E-state index contributed by atoms with van der Waals surface area (Å²) >= 11 is 0. The van der Waals surface area contributed by atoms with Crippen molar-refractivity contribution in [1.29, 1.82) is 5.26 Å². The van der Waals surface area contributed by atoms with Gasteiger partial charge >= 0.3 is 0 Å². The quantitative estimate of drug-likeness (QED) is 0.879. The minimum absolute atomic E-state index is 0.0651. The topological polar surface area (TPSA) is 69.0 Å². The van der Waals surface area contributed by atoms with Crippen LogP contribution < -0.4 is 10.2 Å². The third kappa shape index (κ3) is 2.90. The normalized spacial score (nSPS) is 12.7. The van der Waals surface area contributed by atoms with Gasteiger partial charge in [-0.3, -0.25) is 4.79 Å². The first-order valence-corrected chi connectivity index (χ1v) is 7.08. The van der Waals surface area contributed by atoms with Gasteiger partial charge in [0.05, 0.1) is 12.1 Å². The highest BCUT2D eigenvalue weighted by Gasteiger charge is 2.20. The molecule has 0 atom stereocenters. The van der Waals surface area contributed by atoms with E-state index in [2.05, 4.69) is 23.3 Å². The van der Waals surface area contributed by atoms with E-state index in [1.165, 1.54) is 5.56 Å². The number of anilines is 1. The number of aryl methyl sites for hydroxylation is 2. The zero-order chi connectivity index (χ0) is 14.5. The number of rotatable bonds is 5. The molecule has 1 N–H and O–H groups in total. The van der Waals surface area contributed by atoms with Gasteiger partial charge in [0.25, 0.3) is 0 Å². The summed E-state index contributed by atoms with van der Waals surface area (Å²) in [5, 5.41) is 12.0. The smallest absolute Gasteiger partial charge is 0.239 e. The van der Waals surface area contributed by atoms with E-state index in [1.54, 1.807) is 7.05 Å². The molecule has 0 radical (unpaired) electrons. The number of hydrogen-bond donors (Lipinski definition) is 1. The number of aromatic nitrogens is 1. The number of pyridine rings is 1. The van der Waals surface area contributed by atoms with E-state index in [0.29, 0.717) is 17.9 Å². The van der Waals surface area contributed by atoms with E-state index in [0.717, 1.165) is 31.4 Å². The number of nitriles is 1. The van der Waals surface area contributed by atoms with Gasteiger partial charge in [-0.15, -0.1) is 0 Å². The van der Waals surface area contributed by atoms with E-state index < -0.39 is 0 Å². The van der Waals surface area contributed by atoms with E-state index >= 15 is 0 Å². The van der Waals surface area contributed by atoms with Crippen LogP contribution in [0.2, 0.25) is 0 Å². The Morgan fingerprint density at radius 3 is 3.00 bits per heavy atom. The van der Waals surface area contributed by atoms with Gasteiger partial charge in [0, 0.05) is 19.3 Å². The molecule has 1 heterocycles. The Hall–Kier alpha value is -2.09. The Kier molecular flexibility index (Phi) is 4.57. The number of likely N-dealkylation sites (N-methyl/N-ethyl adjacent to an activating group) is 1. The molecule has 5 nitrogen and oxygen atoms in total. The van der Waals surface area contributed by atoms with Crippen LogP contribution in [0.4, 0.5) is 5.82 Å². The molecule has 1 aliphatic rings. The van der Waals surface area contributed by atoms with Crippen LogP contribution in [0, 0.1) is 11.3 Å². The second kappa shape index (κ2) is 6.38. The average molecular weight is 272 g/mol. The molecule has 0 bridgehead atoms. The minimum Gasteiger partial charge on any atom is -0.358 e. The molecule has 0 aliphatic heterocycles. The van der Waals surface area contributed by atoms with Crippen molar-refractivity contribution in [3.05, 3.63) is 22.9 Å². The number of carbonyl (C=O) groups is 1. The number of amides is 1. The highest BCUT2D eigenvalue weighted by Crippen LogP contribution is 2.27. The van der Waals surface area contributed by atoms with Crippen molar-refractivity contribution in [3.8, 4) is 6.07 Å². The number of nitrogens with zero attached hydrogens (tertiary/aromatic N) is 3. The molecule has 1 aromatic heterocycles. The lowest BCUT2D eigenvalue weighted by Crippen LogP contribution is -2.37. The zero-order valence-corrected chi connectivity index (χ0v) is 12.1. The number of carbonyl (C=O) groups excluding carboxylic acids is 1. The van der Waals surface area contributed by atoms with E-state index in [4.69, 9.17) is 0 Å². The van der Waals surface area contributed by atoms with Crippen molar-refractivity contribution >= 4 is 11.7 Å². The van der Waals surface area contributed by atoms with Crippen molar-refractivity contribution in [3.63, 3.8) is 0 Å². The molecule has 2 rings (SSSR count). The van der Waals surface area contributed by atoms with Gasteiger partial charge in [-0.25, -0.2) is 4.98 Å². The van der Waals surface area contributed by atoms with E-state index in [-0.39, 0.29) is 12.5 Å². The van der Waals surface area contributed by atoms with Gasteiger partial charge < -0.3 is 10.2 Å². The molecule has 0 unspecified atom stereocenters. The van der Waals surface area contributed by atoms with Crippen LogP contribution in [0.5, 0.6) is 0 Å². The van der Waals surface area contributed by atoms with Gasteiger partial charge in [-0.2, -0.15) is 5.26 Å². The third-order valence-corrected chi connectivity index (χ3v) is 3.56. The Morgan fingerprint density at radius 1 is 1.55 bits per heavy atom. The molecule has 1 aromatic rings. The molecule has 5 heteroatoms. The number of nitrogens with one attached hydrogen (secondary N) is 1. The van der Waals surface area contributed by atoms with Crippen molar-refractivity contribution < 1.29 is 4.79 Å². The molecular formula is C15H20N4O. The van der Waals surface area contributed by atoms with Gasteiger partial charge in [0.2, 0.25) is 5.91 Å². The Morgan fingerprint density at radius 2 is 2.35 bits per heavy atom. The summed E-state index contributed by atoms with van der Waals surface area (Å²) in [6, 6.07) is 4.16. The maximum atomic E-state index is 11.6. The predicted molar refractivity (Wildman–Crippen MR) is 77.5 cm³/mol. The fourth-order valence-corrected chi connectivity index (χ4v) is 2.57. The van der Waals surface area contributed by atoms with Crippen LogP contribution in [0.15, 0.2) is 6.07 Å². The standard InChI is InChI=1S/C15H20N4O/c1-3-7-19(10-14(20)17-2)15-12(9-16)8-11-5-4-6-13(11)18-15/h8H,3-7,10H2,1-2H3,(H,17,20). The molecular weight excluding hydrogens is 252 g/mol. The highest BCUT2D eigenvalue weighted by molar-refractivity contribution is 5.81. The summed E-state index contributed by atoms with van der Waals surface area (Å²) in [6.45, 7) is 3.01. The Bertz CT molecular complexity index is 548. The largest absolute Gasteiger partial charge is 0.358 e. The van der Waals surface area contributed by atoms with Gasteiger partial charge in [-0.1, -0.05) is 6.92 Å². The SMILES string of the molecule is CCCN(CC(=O)NC)c1nc2c(cc1C#N)CCC2. The monoisotopic (exact) mass is 272 g/mol. The molecule has 0 aromatic carbocycles. The van der Waals surface area contributed by atoms with Crippen LogP contribution >= 0.6 is 0 Å². The fraction of sp³-hybridized carbons (Fsp3) is 0.533. The van der Waals surface area contributed by atoms with Crippen LogP contribution in [0.3, 0.4) is 0 Å². The van der Waals surface area contributed by atoms with E-state index in [1.807, 2.05) is 11.0 Å². The second-order valence-electron chi connectivity index (χ2n) is 5.03. The zero-order valence-electron chi connectivity index (χ0n) is 12.1. The predicted octanol–water partition coefficient (Wildman–Crippen LogP) is 1.40. The van der Waals surface area contributed by atoms with E-state index in [9.17, 15) is 10.1 Å². The summed E-state index contributed by atoms with van der Waals surface area (Å²) in [5.74, 6) is 0.586. The molecule has 0 saturated carbocycles. The maximum absolute atomic E-state index is 11.6. The first-order valence-electron chi connectivity index (χ1n) is 7.08. The summed E-state index contributed by atoms with van der Waals surface area (Å²) < 4.78 is 0. The van der Waals surface area contributed by atoms with Crippen molar-refractivity contribution in [1.82, 2.24) is 10.3 Å². The maximum Gasteiger partial charge on any atom is 0.239 e. The lowest BCUT2D eigenvalue weighted by Gasteiger charge is -2.24. The lowest BCUT2D eigenvalue weighted by molar-refractivity contribution is -0.119. The summed E-state index contributed by atoms with van der Waals surface area (Å²) in [6.07, 6.45) is 3.97. The van der Waals surface area contributed by atoms with Gasteiger partial charge in [-0.05, 0) is 37.3 Å². The first kappa shape index (κ1) is 14.3. The summed E-state index contributed by atoms with van der Waals surface area (Å²) in [4.78, 5) is 18.2.